The van der Waals surface area contributed by atoms with Crippen molar-refractivity contribution in [2.24, 2.45) is 0 Å². The van der Waals surface area contributed by atoms with Crippen molar-refractivity contribution in [3.8, 4) is 5.75 Å². The zero-order chi connectivity index (χ0) is 24.4. The fraction of sp³-hybridized carbons (Fsp3) is 0.520. The van der Waals surface area contributed by atoms with Crippen molar-refractivity contribution >= 4 is 5.91 Å². The maximum atomic E-state index is 12.6. The average Bonchev–Trinajstić information content (AvgIpc) is 2.77. The number of β-amino-alcohol motifs (C(OH)–C–C–N with tert-alkyl or cyclic N) is 1. The van der Waals surface area contributed by atoms with Gasteiger partial charge in [0.25, 0.3) is 0 Å². The van der Waals surface area contributed by atoms with Crippen molar-refractivity contribution in [3.05, 3.63) is 58.9 Å². The van der Waals surface area contributed by atoms with Crippen LogP contribution in [-0.4, -0.2) is 68.0 Å². The van der Waals surface area contributed by atoms with E-state index in [0.29, 0.717) is 31.6 Å². The summed E-state index contributed by atoms with van der Waals surface area (Å²) in [4.78, 5) is 18.4. The van der Waals surface area contributed by atoms with Crippen LogP contribution >= 0.6 is 0 Å². The van der Waals surface area contributed by atoms with Gasteiger partial charge in [-0.05, 0) is 49.9 Å². The Labute approximate surface area is 195 Å². The number of aliphatic hydroxyl groups is 3. The van der Waals surface area contributed by atoms with Crippen molar-refractivity contribution in [1.29, 1.82) is 0 Å². The molecule has 2 rings (SSSR count). The summed E-state index contributed by atoms with van der Waals surface area (Å²) in [5, 5.41) is 42.0. The quantitative estimate of drug-likeness (QED) is 0.309. The van der Waals surface area contributed by atoms with Gasteiger partial charge in [-0.1, -0.05) is 31.2 Å². The number of rotatable bonds is 13. The highest BCUT2D eigenvalue weighted by Gasteiger charge is 2.21. The summed E-state index contributed by atoms with van der Waals surface area (Å²) < 4.78 is 0. The summed E-state index contributed by atoms with van der Waals surface area (Å²) in [6.45, 7) is 6.86. The number of benzene rings is 1. The van der Waals surface area contributed by atoms with Crippen molar-refractivity contribution < 1.29 is 25.2 Å². The Balaban J connectivity index is 1.98. The van der Waals surface area contributed by atoms with E-state index in [1.165, 1.54) is 12.1 Å². The van der Waals surface area contributed by atoms with Crippen molar-refractivity contribution in [2.45, 2.75) is 58.3 Å². The van der Waals surface area contributed by atoms with Gasteiger partial charge in [0.05, 0.1) is 25.3 Å². The molecule has 1 atom stereocenters. The van der Waals surface area contributed by atoms with Crippen molar-refractivity contribution in [3.63, 3.8) is 0 Å². The Bertz CT molecular complexity index is 897. The second-order valence-electron chi connectivity index (χ2n) is 8.92. The maximum absolute atomic E-state index is 12.6. The Hall–Kier alpha value is -2.52. The fourth-order valence-corrected chi connectivity index (χ4v) is 3.75. The molecular weight excluding hydrogens is 422 g/mol. The van der Waals surface area contributed by atoms with Crippen LogP contribution < -0.4 is 5.32 Å². The predicted molar refractivity (Wildman–Crippen MR) is 127 cm³/mol. The van der Waals surface area contributed by atoms with Gasteiger partial charge in [-0.15, -0.1) is 0 Å². The normalized spacial score (nSPS) is 12.5. The molecule has 33 heavy (non-hydrogen) atoms. The predicted octanol–water partition coefficient (Wildman–Crippen LogP) is 1.70. The van der Waals surface area contributed by atoms with Gasteiger partial charge in [-0.3, -0.25) is 4.79 Å². The third-order valence-corrected chi connectivity index (χ3v) is 5.45. The molecule has 182 valence electrons. The molecule has 0 radical (unpaired) electrons. The Kier molecular flexibility index (Phi) is 10.2. The molecule has 0 saturated carbocycles. The first-order chi connectivity index (χ1) is 15.7. The number of aromatic hydroxyl groups is 1. The highest BCUT2D eigenvalue weighted by atomic mass is 16.3. The van der Waals surface area contributed by atoms with Crippen LogP contribution in [0.3, 0.4) is 0 Å². The van der Waals surface area contributed by atoms with Gasteiger partial charge in [0.15, 0.2) is 0 Å². The number of carbonyl (C=O) groups is 1. The lowest BCUT2D eigenvalue weighted by atomic mass is 9.93. The molecule has 0 saturated heterocycles. The van der Waals surface area contributed by atoms with Crippen LogP contribution in [0.5, 0.6) is 5.75 Å². The lowest BCUT2D eigenvalue weighted by Crippen LogP contribution is -2.43. The van der Waals surface area contributed by atoms with Gasteiger partial charge in [-0.2, -0.15) is 0 Å². The minimum Gasteiger partial charge on any atom is -0.506 e. The molecule has 5 N–H and O–H groups in total. The molecule has 0 aliphatic rings. The number of aliphatic hydroxyl groups excluding tert-OH is 3. The van der Waals surface area contributed by atoms with Crippen LogP contribution in [-0.2, 0) is 24.2 Å². The smallest absolute Gasteiger partial charge is 0.227 e. The van der Waals surface area contributed by atoms with Crippen molar-refractivity contribution in [1.82, 2.24) is 15.2 Å². The maximum Gasteiger partial charge on any atom is 0.227 e. The first kappa shape index (κ1) is 26.7. The lowest BCUT2D eigenvalue weighted by Gasteiger charge is -2.28. The molecular formula is C25H37N3O5. The zero-order valence-electron chi connectivity index (χ0n) is 19.8. The molecule has 0 aliphatic heterocycles. The molecule has 1 aromatic heterocycles. The van der Waals surface area contributed by atoms with E-state index in [0.717, 1.165) is 17.5 Å². The topological polar surface area (TPSA) is 126 Å². The minimum atomic E-state index is -0.893. The van der Waals surface area contributed by atoms with E-state index in [2.05, 4.69) is 10.3 Å². The summed E-state index contributed by atoms with van der Waals surface area (Å²) in [6.07, 6.45) is 0.927. The fourth-order valence-electron chi connectivity index (χ4n) is 3.75. The summed E-state index contributed by atoms with van der Waals surface area (Å²) >= 11 is 0. The summed E-state index contributed by atoms with van der Waals surface area (Å²) in [5.74, 6) is -0.0958. The number of aromatic nitrogens is 1. The van der Waals surface area contributed by atoms with Crippen LogP contribution in [0.25, 0.3) is 0 Å². The molecule has 0 bridgehead atoms. The largest absolute Gasteiger partial charge is 0.506 e. The second kappa shape index (κ2) is 12.6. The molecule has 1 amide bonds. The lowest BCUT2D eigenvalue weighted by molar-refractivity contribution is -0.131. The Morgan fingerprint density at radius 2 is 1.88 bits per heavy atom. The van der Waals surface area contributed by atoms with Crippen LogP contribution in [0.1, 0.15) is 55.8 Å². The molecule has 8 heteroatoms. The van der Waals surface area contributed by atoms with E-state index in [-0.39, 0.29) is 36.0 Å². The third-order valence-electron chi connectivity index (χ3n) is 5.45. The number of nitrogens with zero attached hydrogens (tertiary/aromatic N) is 2. The van der Waals surface area contributed by atoms with E-state index < -0.39 is 12.7 Å². The van der Waals surface area contributed by atoms with Gasteiger partial charge in [0, 0.05) is 25.2 Å². The second-order valence-corrected chi connectivity index (χ2v) is 8.92. The number of amides is 1. The summed E-state index contributed by atoms with van der Waals surface area (Å²) in [7, 11) is 0. The van der Waals surface area contributed by atoms with E-state index in [1.54, 1.807) is 4.90 Å². The Morgan fingerprint density at radius 1 is 1.15 bits per heavy atom. The average molecular weight is 460 g/mol. The molecule has 0 fully saturated rings. The van der Waals surface area contributed by atoms with Gasteiger partial charge in [-0.25, -0.2) is 4.98 Å². The molecule has 0 aliphatic carbocycles. The van der Waals surface area contributed by atoms with Crippen LogP contribution in [0.15, 0.2) is 36.4 Å². The van der Waals surface area contributed by atoms with Crippen molar-refractivity contribution in [2.75, 3.05) is 26.2 Å². The van der Waals surface area contributed by atoms with Gasteiger partial charge in [0.1, 0.15) is 17.5 Å². The molecule has 2 aromatic rings. The molecule has 8 nitrogen and oxygen atoms in total. The molecule has 1 heterocycles. The summed E-state index contributed by atoms with van der Waals surface area (Å²) in [5.41, 5.74) is 2.17. The standard InChI is InChI=1S/C25H37N3O5/c1-4-10-28(11-12-29)24(33)14-18-6-5-7-19(13-18)15-25(2,3)26-16-23(32)20-8-9-22(31)21(17-30)27-20/h5-9,13,23,26,29-32H,4,10-12,14-17H2,1-3H3. The summed E-state index contributed by atoms with van der Waals surface area (Å²) in [6, 6.07) is 10.9. The van der Waals surface area contributed by atoms with E-state index in [9.17, 15) is 25.2 Å². The first-order valence-corrected chi connectivity index (χ1v) is 11.4. The number of hydrogen-bond acceptors (Lipinski definition) is 7. The van der Waals surface area contributed by atoms with E-state index in [4.69, 9.17) is 0 Å². The monoisotopic (exact) mass is 459 g/mol. The van der Waals surface area contributed by atoms with Crippen LogP contribution in [0.2, 0.25) is 0 Å². The third kappa shape index (κ3) is 8.40. The van der Waals surface area contributed by atoms with Crippen LogP contribution in [0, 0.1) is 0 Å². The van der Waals surface area contributed by atoms with Crippen LogP contribution in [0.4, 0.5) is 0 Å². The van der Waals surface area contributed by atoms with Gasteiger partial charge in [0.2, 0.25) is 5.91 Å². The number of pyridine rings is 1. The minimum absolute atomic E-state index is 0.00667. The highest BCUT2D eigenvalue weighted by Crippen LogP contribution is 2.20. The Morgan fingerprint density at radius 3 is 2.55 bits per heavy atom. The molecule has 0 spiro atoms. The highest BCUT2D eigenvalue weighted by molar-refractivity contribution is 5.78. The SMILES string of the molecule is CCCN(CCO)C(=O)Cc1cccc(CC(C)(C)NCC(O)c2ccc(O)c(CO)n2)c1. The zero-order valence-corrected chi connectivity index (χ0v) is 19.8. The van der Waals surface area contributed by atoms with Gasteiger partial charge >= 0.3 is 0 Å². The van der Waals surface area contributed by atoms with Gasteiger partial charge < -0.3 is 30.6 Å². The number of hydrogen-bond donors (Lipinski definition) is 5. The molecule has 1 unspecified atom stereocenters. The number of carbonyl (C=O) groups excluding carboxylic acids is 1. The molecule has 1 aromatic carbocycles. The van der Waals surface area contributed by atoms with E-state index in [1.807, 2.05) is 45.0 Å². The number of nitrogens with one attached hydrogen (secondary N) is 1. The van der Waals surface area contributed by atoms with E-state index >= 15 is 0 Å². The first-order valence-electron chi connectivity index (χ1n) is 11.4.